The van der Waals surface area contributed by atoms with Gasteiger partial charge in [0, 0.05) is 0 Å². The summed E-state index contributed by atoms with van der Waals surface area (Å²) in [4.78, 5) is 0. The third-order valence-corrected chi connectivity index (χ3v) is 3.64. The Morgan fingerprint density at radius 2 is 1.13 bits per heavy atom. The quantitative estimate of drug-likeness (QED) is 0.317. The zero-order valence-corrected chi connectivity index (χ0v) is 16.0. The van der Waals surface area contributed by atoms with Gasteiger partial charge in [-0.05, 0) is 47.5 Å². The number of rotatable bonds is 8. The number of hydrogen-bond donors (Lipinski definition) is 4. The largest absolute Gasteiger partial charge is 0.504 e. The second-order valence-electron chi connectivity index (χ2n) is 5.65. The maximum absolute atomic E-state index is 9.57. The first kappa shape index (κ1) is 20.3. The predicted octanol–water partition coefficient (Wildman–Crippen LogP) is 1.59. The van der Waals surface area contributed by atoms with Gasteiger partial charge in [0.25, 0.3) is 11.9 Å². The first-order valence-corrected chi connectivity index (χ1v) is 8.48. The van der Waals surface area contributed by atoms with Crippen LogP contribution in [0, 0.1) is 0 Å². The molecule has 0 aliphatic rings. The number of aromatic nitrogens is 4. The van der Waals surface area contributed by atoms with Crippen LogP contribution in [-0.4, -0.2) is 57.3 Å². The molecule has 0 fully saturated rings. The zero-order chi connectivity index (χ0) is 21.3. The minimum Gasteiger partial charge on any atom is -0.504 e. The topological polar surface area (TPSA) is 159 Å². The van der Waals surface area contributed by atoms with Gasteiger partial charge >= 0.3 is 0 Å². The van der Waals surface area contributed by atoms with Crippen molar-refractivity contribution in [2.24, 2.45) is 10.2 Å². The van der Waals surface area contributed by atoms with Gasteiger partial charge in [0.15, 0.2) is 23.0 Å². The minimum absolute atomic E-state index is 0.0367. The van der Waals surface area contributed by atoms with E-state index in [1.54, 1.807) is 24.3 Å². The van der Waals surface area contributed by atoms with E-state index in [4.69, 9.17) is 9.47 Å². The van der Waals surface area contributed by atoms with E-state index < -0.39 is 0 Å². The van der Waals surface area contributed by atoms with Crippen molar-refractivity contribution in [3.8, 4) is 23.0 Å². The minimum atomic E-state index is 0.0367. The molecule has 0 unspecified atom stereocenters. The van der Waals surface area contributed by atoms with Crippen LogP contribution in [0.2, 0.25) is 0 Å². The summed E-state index contributed by atoms with van der Waals surface area (Å²) in [7, 11) is 2.92. The molecule has 1 aromatic heterocycles. The molecule has 0 saturated heterocycles. The maximum Gasteiger partial charge on any atom is 0.282 e. The van der Waals surface area contributed by atoms with Crippen LogP contribution in [0.3, 0.4) is 0 Å². The van der Waals surface area contributed by atoms with Gasteiger partial charge in [-0.2, -0.15) is 10.2 Å². The van der Waals surface area contributed by atoms with Crippen LogP contribution < -0.4 is 20.3 Å². The van der Waals surface area contributed by atoms with Gasteiger partial charge in [0.1, 0.15) is 0 Å². The molecule has 4 N–H and O–H groups in total. The second-order valence-corrected chi connectivity index (χ2v) is 5.65. The van der Waals surface area contributed by atoms with E-state index in [9.17, 15) is 10.2 Å². The molecule has 0 saturated carbocycles. The number of nitrogens with zero attached hydrogens (tertiary/aromatic N) is 6. The van der Waals surface area contributed by atoms with Gasteiger partial charge in [-0.25, -0.2) is 10.9 Å². The van der Waals surface area contributed by atoms with Crippen molar-refractivity contribution in [1.82, 2.24) is 20.4 Å². The first-order valence-electron chi connectivity index (χ1n) is 8.48. The third kappa shape index (κ3) is 5.28. The number of anilines is 2. The summed E-state index contributed by atoms with van der Waals surface area (Å²) in [5.41, 5.74) is 6.56. The van der Waals surface area contributed by atoms with Crippen LogP contribution in [0.25, 0.3) is 0 Å². The summed E-state index contributed by atoms with van der Waals surface area (Å²) in [6, 6.07) is 9.55. The fraction of sp³-hybridized carbons (Fsp3) is 0.111. The summed E-state index contributed by atoms with van der Waals surface area (Å²) in [5, 5.41) is 42.4. The summed E-state index contributed by atoms with van der Waals surface area (Å²) in [6.07, 6.45) is 2.99. The zero-order valence-electron chi connectivity index (χ0n) is 16.0. The molecule has 3 rings (SSSR count). The highest BCUT2D eigenvalue weighted by Crippen LogP contribution is 2.26. The number of hydrogen-bond acceptors (Lipinski definition) is 12. The van der Waals surface area contributed by atoms with Gasteiger partial charge in [-0.1, -0.05) is 0 Å². The van der Waals surface area contributed by atoms with Crippen molar-refractivity contribution < 1.29 is 19.7 Å². The smallest absolute Gasteiger partial charge is 0.282 e. The fourth-order valence-electron chi connectivity index (χ4n) is 2.20. The summed E-state index contributed by atoms with van der Waals surface area (Å²) in [5.74, 6) is 0.898. The number of aromatic hydroxyl groups is 2. The molecule has 0 spiro atoms. The van der Waals surface area contributed by atoms with E-state index >= 15 is 0 Å². The van der Waals surface area contributed by atoms with Gasteiger partial charge in [-0.15, -0.1) is 20.4 Å². The van der Waals surface area contributed by atoms with Gasteiger partial charge in [0.2, 0.25) is 0 Å². The van der Waals surface area contributed by atoms with E-state index in [2.05, 4.69) is 41.4 Å². The summed E-state index contributed by atoms with van der Waals surface area (Å²) < 4.78 is 10.1. The standard InChI is InChI=1S/C18H18N8O4/c1-29-15-7-11(3-5-13(15)27)9-19-21-17-23-25-18(26-24-17)22-20-10-12-4-6-14(28)16(8-12)30-2/h3-10,27-28H,1-2H3,(H,21,23,24)(H,22,25,26)/b19-9+,20-10+. The lowest BCUT2D eigenvalue weighted by molar-refractivity contribution is 0.373. The number of benzene rings is 2. The monoisotopic (exact) mass is 410 g/mol. The lowest BCUT2D eigenvalue weighted by atomic mass is 10.2. The van der Waals surface area contributed by atoms with E-state index in [0.717, 1.165) is 0 Å². The van der Waals surface area contributed by atoms with E-state index in [0.29, 0.717) is 22.6 Å². The van der Waals surface area contributed by atoms with Crippen LogP contribution >= 0.6 is 0 Å². The van der Waals surface area contributed by atoms with E-state index in [-0.39, 0.29) is 23.4 Å². The Hall–Kier alpha value is -4.48. The van der Waals surface area contributed by atoms with E-state index in [1.165, 1.54) is 38.8 Å². The molecule has 0 bridgehead atoms. The summed E-state index contributed by atoms with van der Waals surface area (Å²) in [6.45, 7) is 0. The van der Waals surface area contributed by atoms with Gasteiger partial charge < -0.3 is 19.7 Å². The lowest BCUT2D eigenvalue weighted by Gasteiger charge is -2.03. The van der Waals surface area contributed by atoms with E-state index in [1.807, 2.05) is 0 Å². The molecular weight excluding hydrogens is 392 g/mol. The number of methoxy groups -OCH3 is 2. The van der Waals surface area contributed by atoms with Crippen molar-refractivity contribution in [1.29, 1.82) is 0 Å². The Kier molecular flexibility index (Phi) is 6.51. The van der Waals surface area contributed by atoms with Crippen LogP contribution in [0.4, 0.5) is 11.9 Å². The Morgan fingerprint density at radius 1 is 0.733 bits per heavy atom. The molecule has 2 aromatic carbocycles. The number of phenolic OH excluding ortho intramolecular Hbond substituents is 2. The molecule has 12 heteroatoms. The number of hydrazone groups is 2. The first-order chi connectivity index (χ1) is 14.6. The molecule has 3 aromatic rings. The molecule has 12 nitrogen and oxygen atoms in total. The second kappa shape index (κ2) is 9.64. The highest BCUT2D eigenvalue weighted by atomic mass is 16.5. The molecular formula is C18H18N8O4. The highest BCUT2D eigenvalue weighted by Gasteiger charge is 2.03. The van der Waals surface area contributed by atoms with Gasteiger partial charge in [-0.3, -0.25) is 0 Å². The van der Waals surface area contributed by atoms with Crippen molar-refractivity contribution in [2.45, 2.75) is 0 Å². The van der Waals surface area contributed by atoms with Crippen LogP contribution in [0.1, 0.15) is 11.1 Å². The Morgan fingerprint density at radius 3 is 1.50 bits per heavy atom. The molecule has 0 aliphatic heterocycles. The Labute approximate surface area is 170 Å². The molecule has 1 heterocycles. The average molecular weight is 410 g/mol. The molecule has 154 valence electrons. The number of phenols is 2. The molecule has 0 atom stereocenters. The Bertz CT molecular complexity index is 972. The SMILES string of the molecule is COc1cc(/C=N/Nc2nnc(N/N=C/c3ccc(O)c(OC)c3)nn2)ccc1O. The van der Waals surface area contributed by atoms with Crippen LogP contribution in [0.15, 0.2) is 46.6 Å². The predicted molar refractivity (Wildman–Crippen MR) is 109 cm³/mol. The summed E-state index contributed by atoms with van der Waals surface area (Å²) >= 11 is 0. The van der Waals surface area contributed by atoms with Crippen molar-refractivity contribution in [3.05, 3.63) is 47.5 Å². The molecule has 0 aliphatic carbocycles. The lowest BCUT2D eigenvalue weighted by Crippen LogP contribution is -2.05. The maximum atomic E-state index is 9.57. The molecule has 30 heavy (non-hydrogen) atoms. The van der Waals surface area contributed by atoms with Crippen molar-refractivity contribution >= 4 is 24.3 Å². The Balaban J connectivity index is 1.55. The average Bonchev–Trinajstić information content (AvgIpc) is 2.77. The van der Waals surface area contributed by atoms with Crippen molar-refractivity contribution in [3.63, 3.8) is 0 Å². The normalized spacial score (nSPS) is 11.0. The molecule has 0 amide bonds. The van der Waals surface area contributed by atoms with Crippen LogP contribution in [-0.2, 0) is 0 Å². The number of ether oxygens (including phenoxy) is 2. The highest BCUT2D eigenvalue weighted by molar-refractivity contribution is 5.82. The van der Waals surface area contributed by atoms with Gasteiger partial charge in [0.05, 0.1) is 26.6 Å². The van der Waals surface area contributed by atoms with Crippen molar-refractivity contribution in [2.75, 3.05) is 25.1 Å². The fourth-order valence-corrected chi connectivity index (χ4v) is 2.20. The van der Waals surface area contributed by atoms with Crippen LogP contribution in [0.5, 0.6) is 23.0 Å². The third-order valence-electron chi connectivity index (χ3n) is 3.64. The molecule has 0 radical (unpaired) electrons. The number of nitrogens with one attached hydrogen (secondary N) is 2.